The first-order chi connectivity index (χ1) is 8.91. The number of rotatable bonds is 2. The van der Waals surface area contributed by atoms with E-state index < -0.39 is 24.5 Å². The van der Waals surface area contributed by atoms with Crippen molar-refractivity contribution in [1.29, 1.82) is 0 Å². The van der Waals surface area contributed by atoms with Gasteiger partial charge in [0, 0.05) is 0 Å². The summed E-state index contributed by atoms with van der Waals surface area (Å²) in [7, 11) is 0. The lowest BCUT2D eigenvalue weighted by molar-refractivity contribution is -0.147. The third-order valence-electron chi connectivity index (χ3n) is 1.84. The molecule has 0 radical (unpaired) electrons. The standard InChI is InChI=1S/C7H5N3O2.C3H4O4/c11-7(12)10-6-4-2-1-3-5(6)8-9-10;4-2(5)1-3(6)7/h1-4H,(H,11,12);1H2,(H,4,5)(H,6,7). The normalized spacial score (nSPS) is 9.47. The van der Waals surface area contributed by atoms with E-state index in [2.05, 4.69) is 10.3 Å². The van der Waals surface area contributed by atoms with Crippen LogP contribution in [0.3, 0.4) is 0 Å². The average molecular weight is 267 g/mol. The molecule has 0 amide bonds. The monoisotopic (exact) mass is 267 g/mol. The molecule has 3 N–H and O–H groups in total. The lowest BCUT2D eigenvalue weighted by atomic mass is 10.3. The van der Waals surface area contributed by atoms with Crippen molar-refractivity contribution in [2.24, 2.45) is 0 Å². The Balaban J connectivity index is 0.000000224. The molecule has 2 aromatic rings. The van der Waals surface area contributed by atoms with Crippen LogP contribution in [-0.4, -0.2) is 48.3 Å². The SMILES string of the molecule is O=C(O)CC(=O)O.O=C(O)n1nnc2ccccc21. The zero-order valence-corrected chi connectivity index (χ0v) is 9.42. The smallest absolute Gasteiger partial charge is 0.434 e. The number of nitrogens with zero attached hydrogens (tertiary/aromatic N) is 3. The van der Waals surface area contributed by atoms with Crippen molar-refractivity contribution in [2.75, 3.05) is 0 Å². The van der Waals surface area contributed by atoms with Gasteiger partial charge in [0.25, 0.3) is 0 Å². The zero-order valence-electron chi connectivity index (χ0n) is 9.42. The Morgan fingerprint density at radius 3 is 2.11 bits per heavy atom. The minimum absolute atomic E-state index is 0.505. The molecular weight excluding hydrogens is 258 g/mol. The van der Waals surface area contributed by atoms with Crippen LogP contribution in [0.2, 0.25) is 0 Å². The number of benzene rings is 1. The number of para-hydroxylation sites is 1. The van der Waals surface area contributed by atoms with Gasteiger partial charge in [-0.3, -0.25) is 9.59 Å². The highest BCUT2D eigenvalue weighted by Gasteiger charge is 2.07. The number of aromatic nitrogens is 3. The van der Waals surface area contributed by atoms with Crippen LogP contribution >= 0.6 is 0 Å². The molecule has 1 aromatic carbocycles. The lowest BCUT2D eigenvalue weighted by Gasteiger charge is -1.90. The van der Waals surface area contributed by atoms with Crippen LogP contribution in [0.25, 0.3) is 11.0 Å². The van der Waals surface area contributed by atoms with Crippen LogP contribution in [0.4, 0.5) is 4.79 Å². The fourth-order valence-electron chi connectivity index (χ4n) is 1.14. The summed E-state index contributed by atoms with van der Waals surface area (Å²) in [5.41, 5.74) is 1.09. The van der Waals surface area contributed by atoms with E-state index in [0.717, 1.165) is 4.68 Å². The molecule has 0 saturated heterocycles. The van der Waals surface area contributed by atoms with Gasteiger partial charge in [-0.1, -0.05) is 17.3 Å². The number of fused-ring (bicyclic) bond motifs is 1. The van der Waals surface area contributed by atoms with Crippen LogP contribution < -0.4 is 0 Å². The van der Waals surface area contributed by atoms with Gasteiger partial charge in [-0.2, -0.15) is 0 Å². The van der Waals surface area contributed by atoms with Gasteiger partial charge in [-0.25, -0.2) is 4.79 Å². The first-order valence-electron chi connectivity index (χ1n) is 4.89. The van der Waals surface area contributed by atoms with Gasteiger partial charge >= 0.3 is 18.0 Å². The molecule has 1 heterocycles. The van der Waals surface area contributed by atoms with Crippen LogP contribution in [-0.2, 0) is 9.59 Å². The second-order valence-electron chi connectivity index (χ2n) is 3.24. The Morgan fingerprint density at radius 1 is 1.05 bits per heavy atom. The number of carboxylic acids is 2. The van der Waals surface area contributed by atoms with E-state index in [0.29, 0.717) is 11.0 Å². The summed E-state index contributed by atoms with van der Waals surface area (Å²) >= 11 is 0. The van der Waals surface area contributed by atoms with Gasteiger partial charge < -0.3 is 15.3 Å². The lowest BCUT2D eigenvalue weighted by Crippen LogP contribution is -2.09. The van der Waals surface area contributed by atoms with E-state index in [1.54, 1.807) is 24.3 Å². The Bertz CT molecular complexity index is 609. The van der Waals surface area contributed by atoms with Gasteiger partial charge in [0.1, 0.15) is 17.5 Å². The molecule has 0 bridgehead atoms. The van der Waals surface area contributed by atoms with Crippen molar-refractivity contribution in [1.82, 2.24) is 15.0 Å². The number of carboxylic acid groups (broad SMARTS) is 3. The van der Waals surface area contributed by atoms with Crippen molar-refractivity contribution in [3.05, 3.63) is 24.3 Å². The molecule has 0 unspecified atom stereocenters. The molecule has 0 spiro atoms. The number of hydrogen-bond acceptors (Lipinski definition) is 5. The molecule has 2 rings (SSSR count). The Hall–Kier alpha value is -2.97. The topological polar surface area (TPSA) is 143 Å². The zero-order chi connectivity index (χ0) is 14.4. The minimum Gasteiger partial charge on any atom is -0.481 e. The molecule has 9 heteroatoms. The van der Waals surface area contributed by atoms with E-state index in [-0.39, 0.29) is 0 Å². The Labute approximate surface area is 105 Å². The number of carbonyl (C=O) groups is 3. The summed E-state index contributed by atoms with van der Waals surface area (Å²) in [6.45, 7) is 0. The average Bonchev–Trinajstić information content (AvgIpc) is 2.71. The van der Waals surface area contributed by atoms with Gasteiger partial charge in [0.2, 0.25) is 0 Å². The Kier molecular flexibility index (Phi) is 4.52. The molecule has 1 aromatic heterocycles. The van der Waals surface area contributed by atoms with Crippen molar-refractivity contribution in [2.45, 2.75) is 6.42 Å². The molecule has 0 atom stereocenters. The van der Waals surface area contributed by atoms with Crippen LogP contribution in [0.5, 0.6) is 0 Å². The number of aliphatic carboxylic acids is 2. The maximum absolute atomic E-state index is 10.5. The highest BCUT2D eigenvalue weighted by Crippen LogP contribution is 2.08. The summed E-state index contributed by atoms with van der Waals surface area (Å²) in [4.78, 5) is 29.4. The van der Waals surface area contributed by atoms with Crippen LogP contribution in [0.1, 0.15) is 6.42 Å². The van der Waals surface area contributed by atoms with E-state index in [4.69, 9.17) is 15.3 Å². The van der Waals surface area contributed by atoms with E-state index in [9.17, 15) is 14.4 Å². The molecule has 0 aliphatic rings. The van der Waals surface area contributed by atoms with Crippen molar-refractivity contribution >= 4 is 29.1 Å². The quantitative estimate of drug-likeness (QED) is 0.667. The predicted octanol–water partition coefficient (Wildman–Crippen LogP) is 0.503. The van der Waals surface area contributed by atoms with Gasteiger partial charge in [-0.05, 0) is 12.1 Å². The molecule has 0 saturated carbocycles. The van der Waals surface area contributed by atoms with E-state index in [1.165, 1.54) is 0 Å². The highest BCUT2D eigenvalue weighted by atomic mass is 16.4. The summed E-state index contributed by atoms with van der Waals surface area (Å²) in [6, 6.07) is 6.89. The molecule has 0 aliphatic carbocycles. The highest BCUT2D eigenvalue weighted by molar-refractivity contribution is 5.88. The van der Waals surface area contributed by atoms with Crippen molar-refractivity contribution in [3.63, 3.8) is 0 Å². The maximum Gasteiger partial charge on any atom is 0.434 e. The molecule has 0 fully saturated rings. The first-order valence-corrected chi connectivity index (χ1v) is 4.89. The maximum atomic E-state index is 10.5. The van der Waals surface area contributed by atoms with Crippen molar-refractivity contribution < 1.29 is 29.7 Å². The largest absolute Gasteiger partial charge is 0.481 e. The van der Waals surface area contributed by atoms with E-state index in [1.807, 2.05) is 0 Å². The summed E-state index contributed by atoms with van der Waals surface area (Å²) in [6.07, 6.45) is -1.93. The summed E-state index contributed by atoms with van der Waals surface area (Å²) in [5.74, 6) is -2.62. The van der Waals surface area contributed by atoms with Gasteiger partial charge in [0.15, 0.2) is 0 Å². The summed E-state index contributed by atoms with van der Waals surface area (Å²) < 4.78 is 0.843. The van der Waals surface area contributed by atoms with Gasteiger partial charge in [0.05, 0.1) is 0 Å². The molecule has 0 aliphatic heterocycles. The fourth-order valence-corrected chi connectivity index (χ4v) is 1.14. The van der Waals surface area contributed by atoms with Crippen LogP contribution in [0, 0.1) is 0 Å². The number of hydrogen-bond donors (Lipinski definition) is 3. The second kappa shape index (κ2) is 6.10. The second-order valence-corrected chi connectivity index (χ2v) is 3.24. The van der Waals surface area contributed by atoms with Crippen LogP contribution in [0.15, 0.2) is 24.3 Å². The molecule has 19 heavy (non-hydrogen) atoms. The minimum atomic E-state index is -1.31. The van der Waals surface area contributed by atoms with Crippen molar-refractivity contribution in [3.8, 4) is 0 Å². The summed E-state index contributed by atoms with van der Waals surface area (Å²) in [5, 5.41) is 31.2. The fraction of sp³-hybridized carbons (Fsp3) is 0.100. The third-order valence-corrected chi connectivity index (χ3v) is 1.84. The Morgan fingerprint density at radius 2 is 1.63 bits per heavy atom. The molecule has 100 valence electrons. The predicted molar refractivity (Wildman–Crippen MR) is 60.8 cm³/mol. The molecule has 9 nitrogen and oxygen atoms in total. The first kappa shape index (κ1) is 14.1. The molecular formula is C10H9N3O6. The van der Waals surface area contributed by atoms with Gasteiger partial charge in [-0.15, -0.1) is 9.78 Å². The third kappa shape index (κ3) is 4.07. The van der Waals surface area contributed by atoms with E-state index >= 15 is 0 Å².